The zero-order valence-corrected chi connectivity index (χ0v) is 34.5. The quantitative estimate of drug-likeness (QED) is 0.0702. The molecule has 0 saturated carbocycles. The number of aliphatic hydroxyl groups is 1. The summed E-state index contributed by atoms with van der Waals surface area (Å²) in [6.45, 7) is 17.9. The van der Waals surface area contributed by atoms with Gasteiger partial charge < -0.3 is 24.9 Å². The van der Waals surface area contributed by atoms with Crippen molar-refractivity contribution in [1.82, 2.24) is 38.7 Å². The summed E-state index contributed by atoms with van der Waals surface area (Å²) in [5, 5.41) is 21.9. The third-order valence-electron chi connectivity index (χ3n) is 10.8. The van der Waals surface area contributed by atoms with Crippen LogP contribution in [-0.4, -0.2) is 63.3 Å². The van der Waals surface area contributed by atoms with Crippen molar-refractivity contribution in [3.8, 4) is 11.5 Å². The van der Waals surface area contributed by atoms with Crippen molar-refractivity contribution in [3.05, 3.63) is 113 Å². The minimum Gasteiger partial charge on any atom is -0.396 e. The van der Waals surface area contributed by atoms with E-state index < -0.39 is 5.91 Å². The third kappa shape index (κ3) is 7.59. The van der Waals surface area contributed by atoms with E-state index in [4.69, 9.17) is 20.8 Å². The Morgan fingerprint density at radius 3 is 2.38 bits per heavy atom. The van der Waals surface area contributed by atoms with Crippen LogP contribution in [0.1, 0.15) is 77.7 Å². The van der Waals surface area contributed by atoms with E-state index in [-0.39, 0.29) is 6.61 Å². The molecule has 0 unspecified atom stereocenters. The average molecular weight is 779 g/mol. The standard InChI is InChI=1S/C46H54N10O2/c1-8-16-36-38-26-32(9-2)25-33(17-12-15-22-57)42(38)54(46(36)52(7)29-35-23-30(5)50-55(35)10-3)21-14-13-20-53-40-19-18-34(43(47)58)27-37(40)39-28-48-44(49-45(39)53)41-24-31(6)51-56(41)11-4/h8-9,13-14,16,18-19,23-28,57H,2,10-12,15,17,20-22,29H2,1,3-7H3,(H2,47,58)/b14-13+,16-8-. The molecule has 58 heavy (non-hydrogen) atoms. The normalized spacial score (nSPS) is 12.1. The molecule has 1 amide bonds. The van der Waals surface area contributed by atoms with Crippen molar-refractivity contribution >= 4 is 56.7 Å². The molecule has 12 nitrogen and oxygen atoms in total. The van der Waals surface area contributed by atoms with Gasteiger partial charge in [-0.2, -0.15) is 10.2 Å². The number of hydrogen-bond donors (Lipinski definition) is 2. The molecule has 12 heteroatoms. The minimum atomic E-state index is -0.482. The van der Waals surface area contributed by atoms with Crippen LogP contribution in [0.25, 0.3) is 56.5 Å². The summed E-state index contributed by atoms with van der Waals surface area (Å²) in [6.07, 6.45) is 14.9. The second kappa shape index (κ2) is 17.1. The summed E-state index contributed by atoms with van der Waals surface area (Å²) in [5.74, 6) is 1.22. The summed E-state index contributed by atoms with van der Waals surface area (Å²) < 4.78 is 8.60. The number of allylic oxidation sites excluding steroid dienone is 3. The fourth-order valence-electron chi connectivity index (χ4n) is 8.25. The lowest BCUT2D eigenvalue weighted by Crippen LogP contribution is -2.23. The third-order valence-corrected chi connectivity index (χ3v) is 10.8. The molecule has 300 valence electrons. The van der Waals surface area contributed by atoms with Crippen molar-refractivity contribution in [2.45, 2.75) is 86.6 Å². The lowest BCUT2D eigenvalue weighted by Gasteiger charge is -2.23. The van der Waals surface area contributed by atoms with Crippen molar-refractivity contribution < 1.29 is 9.90 Å². The van der Waals surface area contributed by atoms with E-state index >= 15 is 0 Å². The zero-order chi connectivity index (χ0) is 41.1. The van der Waals surface area contributed by atoms with Gasteiger partial charge in [0, 0.05) is 73.3 Å². The van der Waals surface area contributed by atoms with Crippen LogP contribution in [0.3, 0.4) is 0 Å². The van der Waals surface area contributed by atoms with Crippen LogP contribution in [0.15, 0.2) is 73.5 Å². The van der Waals surface area contributed by atoms with Crippen molar-refractivity contribution in [3.63, 3.8) is 0 Å². The summed E-state index contributed by atoms with van der Waals surface area (Å²) in [5.41, 5.74) is 16.4. The largest absolute Gasteiger partial charge is 0.396 e. The summed E-state index contributed by atoms with van der Waals surface area (Å²) in [6, 6.07) is 14.2. The molecule has 0 fully saturated rings. The molecule has 0 saturated heterocycles. The average Bonchev–Trinajstić information content (AvgIpc) is 3.96. The van der Waals surface area contributed by atoms with Crippen LogP contribution in [0, 0.1) is 13.8 Å². The van der Waals surface area contributed by atoms with Gasteiger partial charge in [-0.15, -0.1) is 0 Å². The summed E-state index contributed by atoms with van der Waals surface area (Å²) in [7, 11) is 2.16. The molecule has 0 atom stereocenters. The number of unbranched alkanes of at least 4 members (excludes halogenated alkanes) is 1. The van der Waals surface area contributed by atoms with E-state index in [1.165, 1.54) is 16.5 Å². The second-order valence-electron chi connectivity index (χ2n) is 14.9. The number of nitrogens with zero attached hydrogens (tertiary/aromatic N) is 9. The lowest BCUT2D eigenvalue weighted by molar-refractivity contribution is 0.100. The smallest absolute Gasteiger partial charge is 0.248 e. The fraction of sp³-hybridized carbons (Fsp3) is 0.326. The Hall–Kier alpha value is -6.27. The fourth-order valence-corrected chi connectivity index (χ4v) is 8.25. The Bertz CT molecular complexity index is 2700. The number of nitrogens with two attached hydrogens (primary N) is 1. The highest BCUT2D eigenvalue weighted by molar-refractivity contribution is 6.09. The molecule has 3 N–H and O–H groups in total. The second-order valence-corrected chi connectivity index (χ2v) is 14.9. The zero-order valence-electron chi connectivity index (χ0n) is 34.5. The topological polar surface area (TPSA) is 138 Å². The molecule has 0 aliphatic heterocycles. The maximum atomic E-state index is 12.3. The van der Waals surface area contributed by atoms with Crippen LogP contribution in [0.5, 0.6) is 0 Å². The summed E-state index contributed by atoms with van der Waals surface area (Å²) >= 11 is 0. The van der Waals surface area contributed by atoms with Gasteiger partial charge in [-0.05, 0) is 107 Å². The van der Waals surface area contributed by atoms with Gasteiger partial charge >= 0.3 is 0 Å². The monoisotopic (exact) mass is 778 g/mol. The molecule has 0 radical (unpaired) electrons. The number of hydrogen-bond acceptors (Lipinski definition) is 7. The van der Waals surface area contributed by atoms with Gasteiger partial charge in [-0.25, -0.2) is 9.97 Å². The Morgan fingerprint density at radius 2 is 1.67 bits per heavy atom. The first-order valence-corrected chi connectivity index (χ1v) is 20.2. The van der Waals surface area contributed by atoms with Crippen molar-refractivity contribution in [2.75, 3.05) is 18.6 Å². The van der Waals surface area contributed by atoms with Gasteiger partial charge in [0.1, 0.15) is 17.2 Å². The number of carbonyl (C=O) groups excluding carboxylic acids is 1. The van der Waals surface area contributed by atoms with Gasteiger partial charge in [0.2, 0.25) is 5.91 Å². The number of fused-ring (bicyclic) bond motifs is 4. The molecule has 0 spiro atoms. The van der Waals surface area contributed by atoms with E-state index in [0.717, 1.165) is 87.5 Å². The van der Waals surface area contributed by atoms with Gasteiger partial charge in [0.25, 0.3) is 0 Å². The minimum absolute atomic E-state index is 0.164. The molecule has 7 aromatic rings. The van der Waals surface area contributed by atoms with Gasteiger partial charge in [0.15, 0.2) is 5.82 Å². The number of anilines is 1. The predicted molar refractivity (Wildman–Crippen MR) is 236 cm³/mol. The van der Waals surface area contributed by atoms with Crippen LogP contribution < -0.4 is 10.6 Å². The van der Waals surface area contributed by atoms with E-state index in [2.05, 4.69) is 101 Å². The Morgan fingerprint density at radius 1 is 0.931 bits per heavy atom. The number of rotatable bonds is 17. The van der Waals surface area contributed by atoms with E-state index in [1.807, 2.05) is 49.0 Å². The molecule has 0 aliphatic rings. The van der Waals surface area contributed by atoms with E-state index in [0.29, 0.717) is 37.6 Å². The number of aliphatic hydroxyl groups excluding tert-OH is 1. The molecule has 0 aliphatic carbocycles. The number of benzene rings is 2. The van der Waals surface area contributed by atoms with Gasteiger partial charge in [0.05, 0.1) is 34.7 Å². The molecule has 0 bridgehead atoms. The first kappa shape index (κ1) is 39.9. The van der Waals surface area contributed by atoms with E-state index in [9.17, 15) is 9.90 Å². The molecule has 5 aromatic heterocycles. The van der Waals surface area contributed by atoms with Crippen LogP contribution in [0.4, 0.5) is 5.82 Å². The van der Waals surface area contributed by atoms with Crippen LogP contribution >= 0.6 is 0 Å². The molecular weight excluding hydrogens is 725 g/mol. The SMILES string of the molecule is C=Cc1cc(CCCCO)c2c(c1)c(/C=C\C)c(N(C)Cc1cc(C)nn1CC)n2C/C=C/Cn1c2ccc(C(N)=O)cc2c2cnc(-c3cc(C)nn3CC)nc21. The lowest BCUT2D eigenvalue weighted by atomic mass is 9.99. The molecular formula is C46H54N10O2. The van der Waals surface area contributed by atoms with Crippen LogP contribution in [0.2, 0.25) is 0 Å². The molecule has 5 heterocycles. The predicted octanol–water partition coefficient (Wildman–Crippen LogP) is 8.24. The van der Waals surface area contributed by atoms with Crippen LogP contribution in [-0.2, 0) is 39.1 Å². The van der Waals surface area contributed by atoms with E-state index in [1.54, 1.807) is 6.07 Å². The highest BCUT2D eigenvalue weighted by Crippen LogP contribution is 2.38. The number of carbonyl (C=O) groups is 1. The highest BCUT2D eigenvalue weighted by atomic mass is 16.3. The Balaban J connectivity index is 1.35. The van der Waals surface area contributed by atoms with Crippen molar-refractivity contribution in [2.24, 2.45) is 5.73 Å². The number of aromatic nitrogens is 8. The maximum absolute atomic E-state index is 12.3. The Kier molecular flexibility index (Phi) is 11.8. The van der Waals surface area contributed by atoms with Gasteiger partial charge in [-0.1, -0.05) is 37.0 Å². The van der Waals surface area contributed by atoms with Crippen molar-refractivity contribution in [1.29, 1.82) is 0 Å². The molecule has 2 aromatic carbocycles. The number of aryl methyl sites for hydroxylation is 5. The molecule has 7 rings (SSSR count). The van der Waals surface area contributed by atoms with Gasteiger partial charge in [-0.3, -0.25) is 14.2 Å². The maximum Gasteiger partial charge on any atom is 0.248 e. The first-order valence-electron chi connectivity index (χ1n) is 20.2. The summed E-state index contributed by atoms with van der Waals surface area (Å²) in [4.78, 5) is 24.5. The Labute approximate surface area is 339 Å². The number of primary amides is 1. The first-order chi connectivity index (χ1) is 28.1. The highest BCUT2D eigenvalue weighted by Gasteiger charge is 2.23. The number of amides is 1.